The lowest BCUT2D eigenvalue weighted by Crippen LogP contribution is -2.46. The normalized spacial score (nSPS) is 11.9. The molecule has 0 radical (unpaired) electrons. The maximum absolute atomic E-state index is 11.4. The molecule has 0 bridgehead atoms. The van der Waals surface area contributed by atoms with E-state index in [1.807, 2.05) is 12.1 Å². The number of nitrogens with one attached hydrogen (secondary N) is 2. The summed E-state index contributed by atoms with van der Waals surface area (Å²) in [7, 11) is 1.30. The van der Waals surface area contributed by atoms with Crippen molar-refractivity contribution in [1.82, 2.24) is 10.6 Å². The highest BCUT2D eigenvalue weighted by Crippen LogP contribution is 2.21. The molecule has 0 aliphatic carbocycles. The van der Waals surface area contributed by atoms with Gasteiger partial charge < -0.3 is 15.4 Å². The van der Waals surface area contributed by atoms with Crippen LogP contribution in [0.2, 0.25) is 0 Å². The van der Waals surface area contributed by atoms with Crippen LogP contribution in [0.5, 0.6) is 0 Å². The van der Waals surface area contributed by atoms with Crippen LogP contribution in [-0.2, 0) is 20.9 Å². The van der Waals surface area contributed by atoms with Gasteiger partial charge in [-0.05, 0) is 28.1 Å². The highest BCUT2D eigenvalue weighted by atomic mass is 79.9. The van der Waals surface area contributed by atoms with Crippen molar-refractivity contribution in [3.63, 3.8) is 0 Å². The number of methoxy groups -OCH3 is 1. The molecule has 7 heteroatoms. The standard InChI is InChI=1S/C11H15BrN2O3S/c1-7(15)14-9(11(16)17-2)6-13-5-8-3-4-10(12)18-8/h3-4,9,13H,5-6H2,1-2H3,(H,14,15). The zero-order valence-electron chi connectivity index (χ0n) is 10.2. The molecule has 1 rings (SSSR count). The van der Waals surface area contributed by atoms with Gasteiger partial charge >= 0.3 is 5.97 Å². The van der Waals surface area contributed by atoms with Gasteiger partial charge in [0.05, 0.1) is 10.9 Å². The number of thiophene rings is 1. The minimum absolute atomic E-state index is 0.258. The van der Waals surface area contributed by atoms with Crippen molar-refractivity contribution in [2.75, 3.05) is 13.7 Å². The van der Waals surface area contributed by atoms with Crippen molar-refractivity contribution >= 4 is 39.1 Å². The number of esters is 1. The number of hydrogen-bond acceptors (Lipinski definition) is 5. The first-order valence-electron chi connectivity index (χ1n) is 5.32. The molecular weight excluding hydrogens is 320 g/mol. The van der Waals surface area contributed by atoms with Crippen LogP contribution in [0, 0.1) is 0 Å². The average molecular weight is 335 g/mol. The summed E-state index contributed by atoms with van der Waals surface area (Å²) in [6.07, 6.45) is 0. The van der Waals surface area contributed by atoms with Gasteiger partial charge in [-0.15, -0.1) is 11.3 Å². The van der Waals surface area contributed by atoms with Gasteiger partial charge in [-0.1, -0.05) is 0 Å². The van der Waals surface area contributed by atoms with E-state index < -0.39 is 12.0 Å². The summed E-state index contributed by atoms with van der Waals surface area (Å²) in [6, 6.07) is 3.30. The largest absolute Gasteiger partial charge is 0.467 e. The number of ether oxygens (including phenoxy) is 1. The Hall–Kier alpha value is -0.920. The predicted octanol–water partition coefficient (Wildman–Crippen LogP) is 1.28. The Morgan fingerprint density at radius 2 is 2.22 bits per heavy atom. The van der Waals surface area contributed by atoms with E-state index in [2.05, 4.69) is 31.3 Å². The van der Waals surface area contributed by atoms with E-state index in [9.17, 15) is 9.59 Å². The van der Waals surface area contributed by atoms with Crippen molar-refractivity contribution in [2.24, 2.45) is 0 Å². The van der Waals surface area contributed by atoms with Gasteiger partial charge in [-0.3, -0.25) is 4.79 Å². The molecular formula is C11H15BrN2O3S. The Morgan fingerprint density at radius 3 is 2.72 bits per heavy atom. The van der Waals surface area contributed by atoms with Crippen molar-refractivity contribution in [3.05, 3.63) is 20.8 Å². The average Bonchev–Trinajstić information content (AvgIpc) is 2.72. The summed E-state index contributed by atoms with van der Waals surface area (Å²) in [5.74, 6) is -0.712. The van der Waals surface area contributed by atoms with Crippen LogP contribution in [0.15, 0.2) is 15.9 Å². The predicted molar refractivity (Wildman–Crippen MR) is 73.3 cm³/mol. The molecule has 1 atom stereocenters. The SMILES string of the molecule is COC(=O)C(CNCc1ccc(Br)s1)NC(C)=O. The Balaban J connectivity index is 2.41. The van der Waals surface area contributed by atoms with E-state index in [0.29, 0.717) is 13.1 Å². The van der Waals surface area contributed by atoms with Crippen LogP contribution in [0.4, 0.5) is 0 Å². The smallest absolute Gasteiger partial charge is 0.329 e. The first-order chi connectivity index (χ1) is 8.52. The number of carbonyl (C=O) groups is 2. The maximum atomic E-state index is 11.4. The van der Waals surface area contributed by atoms with E-state index in [1.165, 1.54) is 14.0 Å². The summed E-state index contributed by atoms with van der Waals surface area (Å²) < 4.78 is 5.68. The zero-order valence-corrected chi connectivity index (χ0v) is 12.6. The van der Waals surface area contributed by atoms with Crippen LogP contribution < -0.4 is 10.6 Å². The number of hydrogen-bond donors (Lipinski definition) is 2. The number of carbonyl (C=O) groups excluding carboxylic acids is 2. The minimum atomic E-state index is -0.657. The molecule has 2 N–H and O–H groups in total. The molecule has 0 aliphatic heterocycles. The van der Waals surface area contributed by atoms with Crippen molar-refractivity contribution in [3.8, 4) is 0 Å². The van der Waals surface area contributed by atoms with E-state index in [4.69, 9.17) is 0 Å². The van der Waals surface area contributed by atoms with Gasteiger partial charge in [0.25, 0.3) is 0 Å². The van der Waals surface area contributed by atoms with E-state index in [1.54, 1.807) is 11.3 Å². The fraction of sp³-hybridized carbons (Fsp3) is 0.455. The molecule has 0 fully saturated rings. The fourth-order valence-corrected chi connectivity index (χ4v) is 2.82. The van der Waals surface area contributed by atoms with Gasteiger partial charge in [-0.25, -0.2) is 4.79 Å². The fourth-order valence-electron chi connectivity index (χ4n) is 1.37. The molecule has 0 spiro atoms. The Kier molecular flexibility index (Phi) is 6.31. The van der Waals surface area contributed by atoms with E-state index >= 15 is 0 Å². The van der Waals surface area contributed by atoms with Crippen molar-refractivity contribution in [2.45, 2.75) is 19.5 Å². The third kappa shape index (κ3) is 5.16. The van der Waals surface area contributed by atoms with Gasteiger partial charge in [-0.2, -0.15) is 0 Å². The van der Waals surface area contributed by atoms with Gasteiger partial charge in [0.1, 0.15) is 6.04 Å². The second kappa shape index (κ2) is 7.50. The molecule has 1 amide bonds. The van der Waals surface area contributed by atoms with Crippen LogP contribution in [0.25, 0.3) is 0 Å². The van der Waals surface area contributed by atoms with Crippen molar-refractivity contribution in [1.29, 1.82) is 0 Å². The molecule has 1 aromatic heterocycles. The molecule has 1 aromatic rings. The molecule has 0 saturated heterocycles. The maximum Gasteiger partial charge on any atom is 0.329 e. The lowest BCUT2D eigenvalue weighted by molar-refractivity contribution is -0.144. The third-order valence-corrected chi connectivity index (χ3v) is 3.76. The van der Waals surface area contributed by atoms with E-state index in [0.717, 1.165) is 8.66 Å². The van der Waals surface area contributed by atoms with Gasteiger partial charge in [0.2, 0.25) is 5.91 Å². The summed E-state index contributed by atoms with van der Waals surface area (Å²) in [5, 5.41) is 5.65. The molecule has 0 aliphatic rings. The number of rotatable bonds is 6. The minimum Gasteiger partial charge on any atom is -0.467 e. The summed E-state index contributed by atoms with van der Waals surface area (Å²) in [4.78, 5) is 23.5. The second-order valence-corrected chi connectivity index (χ2v) is 6.16. The van der Waals surface area contributed by atoms with Crippen LogP contribution >= 0.6 is 27.3 Å². The number of halogens is 1. The third-order valence-electron chi connectivity index (χ3n) is 2.14. The molecule has 0 aromatic carbocycles. The lowest BCUT2D eigenvalue weighted by Gasteiger charge is -2.15. The molecule has 1 heterocycles. The lowest BCUT2D eigenvalue weighted by atomic mass is 10.3. The highest BCUT2D eigenvalue weighted by molar-refractivity contribution is 9.11. The molecule has 1 unspecified atom stereocenters. The summed E-state index contributed by atoms with van der Waals surface area (Å²) >= 11 is 5.00. The highest BCUT2D eigenvalue weighted by Gasteiger charge is 2.19. The van der Waals surface area contributed by atoms with Gasteiger partial charge in [0.15, 0.2) is 0 Å². The van der Waals surface area contributed by atoms with E-state index in [-0.39, 0.29) is 5.91 Å². The molecule has 100 valence electrons. The monoisotopic (exact) mass is 334 g/mol. The Labute approximate surface area is 118 Å². The van der Waals surface area contributed by atoms with Crippen LogP contribution in [0.3, 0.4) is 0 Å². The first-order valence-corrected chi connectivity index (χ1v) is 6.93. The topological polar surface area (TPSA) is 67.4 Å². The number of amides is 1. The zero-order chi connectivity index (χ0) is 13.5. The Morgan fingerprint density at radius 1 is 1.50 bits per heavy atom. The quantitative estimate of drug-likeness (QED) is 0.769. The Bertz CT molecular complexity index is 422. The molecule has 18 heavy (non-hydrogen) atoms. The molecule has 5 nitrogen and oxygen atoms in total. The van der Waals surface area contributed by atoms with Crippen LogP contribution in [0.1, 0.15) is 11.8 Å². The van der Waals surface area contributed by atoms with Gasteiger partial charge in [0, 0.05) is 24.9 Å². The second-order valence-electron chi connectivity index (χ2n) is 3.61. The first kappa shape index (κ1) is 15.1. The van der Waals surface area contributed by atoms with Crippen molar-refractivity contribution < 1.29 is 14.3 Å². The van der Waals surface area contributed by atoms with Crippen LogP contribution in [-0.4, -0.2) is 31.6 Å². The molecule has 0 saturated carbocycles. The summed E-state index contributed by atoms with van der Waals surface area (Å²) in [5.41, 5.74) is 0. The summed E-state index contributed by atoms with van der Waals surface area (Å²) in [6.45, 7) is 2.34.